The lowest BCUT2D eigenvalue weighted by Gasteiger charge is -2.13. The summed E-state index contributed by atoms with van der Waals surface area (Å²) in [6.45, 7) is 1.53. The molecule has 1 aliphatic heterocycles. The molecule has 1 heterocycles. The molecule has 0 aromatic heterocycles. The van der Waals surface area contributed by atoms with Gasteiger partial charge in [0.1, 0.15) is 12.2 Å². The summed E-state index contributed by atoms with van der Waals surface area (Å²) in [5.74, 6) is 0. The molecule has 2 nitrogen and oxygen atoms in total. The van der Waals surface area contributed by atoms with Crippen LogP contribution in [-0.4, -0.2) is 19.3 Å². The highest BCUT2D eigenvalue weighted by Crippen LogP contribution is 2.45. The Hall–Kier alpha value is -1.64. The Morgan fingerprint density at radius 1 is 0.944 bits per heavy atom. The normalized spacial score (nSPS) is 20.6. The zero-order chi connectivity index (χ0) is 11.9. The van der Waals surface area contributed by atoms with E-state index in [9.17, 15) is 0 Å². The third-order valence-electron chi connectivity index (χ3n) is 3.63. The summed E-state index contributed by atoms with van der Waals surface area (Å²) in [6, 6.07) is 17.0. The largest absolute Gasteiger partial charge is 0.371 e. The van der Waals surface area contributed by atoms with Gasteiger partial charge in [0, 0.05) is 0 Å². The number of hydrogen-bond acceptors (Lipinski definition) is 2. The summed E-state index contributed by atoms with van der Waals surface area (Å²) in [4.78, 5) is 0. The van der Waals surface area contributed by atoms with E-state index < -0.39 is 0 Å². The highest BCUT2D eigenvalue weighted by molar-refractivity contribution is 5.77. The quantitative estimate of drug-likeness (QED) is 0.766. The number of ether oxygens (including phenoxy) is 2. The molecule has 0 bridgehead atoms. The predicted octanol–water partition coefficient (Wildman–Crippen LogP) is 3.17. The Morgan fingerprint density at radius 2 is 1.50 bits per heavy atom. The molecule has 0 amide bonds. The zero-order valence-corrected chi connectivity index (χ0v) is 10.0. The second-order valence-corrected chi connectivity index (χ2v) is 4.84. The van der Waals surface area contributed by atoms with E-state index in [4.69, 9.17) is 9.47 Å². The molecular weight excluding hydrogens is 224 g/mol. The molecule has 1 fully saturated rings. The van der Waals surface area contributed by atoms with Crippen molar-refractivity contribution in [1.29, 1.82) is 0 Å². The lowest BCUT2D eigenvalue weighted by molar-refractivity contribution is 0.0698. The van der Waals surface area contributed by atoms with E-state index in [2.05, 4.69) is 48.5 Å². The molecule has 2 aliphatic rings. The number of rotatable bonds is 3. The third kappa shape index (κ3) is 1.57. The fourth-order valence-electron chi connectivity index (χ4n) is 2.66. The maximum Gasteiger partial charge on any atom is 0.109 e. The average molecular weight is 238 g/mol. The van der Waals surface area contributed by atoms with Gasteiger partial charge in [-0.15, -0.1) is 0 Å². The first-order chi connectivity index (χ1) is 8.93. The van der Waals surface area contributed by atoms with Crippen LogP contribution in [0.3, 0.4) is 0 Å². The Labute approximate surface area is 106 Å². The summed E-state index contributed by atoms with van der Waals surface area (Å²) >= 11 is 0. The monoisotopic (exact) mass is 238 g/mol. The second-order valence-electron chi connectivity index (χ2n) is 4.84. The van der Waals surface area contributed by atoms with Crippen molar-refractivity contribution >= 4 is 0 Å². The molecule has 2 aromatic rings. The predicted molar refractivity (Wildman–Crippen MR) is 69.4 cm³/mol. The maximum absolute atomic E-state index is 6.05. The molecular formula is C16H14O2. The highest BCUT2D eigenvalue weighted by atomic mass is 16.6. The lowest BCUT2D eigenvalue weighted by atomic mass is 10.1. The van der Waals surface area contributed by atoms with Gasteiger partial charge in [0.05, 0.1) is 13.2 Å². The Balaban J connectivity index is 1.76. The van der Waals surface area contributed by atoms with Gasteiger partial charge in [0.2, 0.25) is 0 Å². The van der Waals surface area contributed by atoms with Crippen LogP contribution in [0.2, 0.25) is 0 Å². The smallest absolute Gasteiger partial charge is 0.109 e. The van der Waals surface area contributed by atoms with Crippen LogP contribution in [-0.2, 0) is 9.47 Å². The van der Waals surface area contributed by atoms with Crippen LogP contribution < -0.4 is 0 Å². The highest BCUT2D eigenvalue weighted by Gasteiger charge is 2.31. The topological polar surface area (TPSA) is 21.8 Å². The zero-order valence-electron chi connectivity index (χ0n) is 10.0. The van der Waals surface area contributed by atoms with Crippen LogP contribution in [0.25, 0.3) is 11.1 Å². The minimum Gasteiger partial charge on any atom is -0.371 e. The first-order valence-electron chi connectivity index (χ1n) is 6.35. The maximum atomic E-state index is 6.05. The summed E-state index contributed by atoms with van der Waals surface area (Å²) in [6.07, 6.45) is 0.381. The fraction of sp³-hybridized carbons (Fsp3) is 0.250. The van der Waals surface area contributed by atoms with E-state index in [0.717, 1.165) is 6.61 Å². The van der Waals surface area contributed by atoms with Crippen molar-refractivity contribution in [3.63, 3.8) is 0 Å². The molecule has 0 saturated carbocycles. The van der Waals surface area contributed by atoms with E-state index in [1.54, 1.807) is 0 Å². The van der Waals surface area contributed by atoms with Gasteiger partial charge in [-0.1, -0.05) is 48.5 Å². The van der Waals surface area contributed by atoms with Crippen LogP contribution >= 0.6 is 0 Å². The molecule has 0 unspecified atom stereocenters. The summed E-state index contributed by atoms with van der Waals surface area (Å²) in [5, 5.41) is 0. The van der Waals surface area contributed by atoms with Crippen LogP contribution in [0.4, 0.5) is 0 Å². The first-order valence-corrected chi connectivity index (χ1v) is 6.35. The summed E-state index contributed by atoms with van der Waals surface area (Å²) < 4.78 is 11.3. The number of hydrogen-bond donors (Lipinski definition) is 0. The van der Waals surface area contributed by atoms with Gasteiger partial charge in [-0.2, -0.15) is 0 Å². The molecule has 1 atom stereocenters. The van der Waals surface area contributed by atoms with E-state index in [1.165, 1.54) is 22.3 Å². The van der Waals surface area contributed by atoms with Crippen molar-refractivity contribution in [2.24, 2.45) is 0 Å². The van der Waals surface area contributed by atoms with Crippen molar-refractivity contribution in [3.8, 4) is 11.1 Å². The molecule has 0 radical (unpaired) electrons. The number of benzene rings is 2. The van der Waals surface area contributed by atoms with Crippen molar-refractivity contribution < 1.29 is 9.47 Å². The van der Waals surface area contributed by atoms with E-state index in [0.29, 0.717) is 12.7 Å². The molecule has 2 aromatic carbocycles. The fourth-order valence-corrected chi connectivity index (χ4v) is 2.66. The molecule has 2 heteroatoms. The van der Waals surface area contributed by atoms with Crippen LogP contribution in [0, 0.1) is 0 Å². The minimum atomic E-state index is 0.0709. The van der Waals surface area contributed by atoms with Crippen LogP contribution in [0.15, 0.2) is 48.5 Å². The molecule has 4 rings (SSSR count). The van der Waals surface area contributed by atoms with E-state index >= 15 is 0 Å². The molecule has 1 saturated heterocycles. The molecule has 1 aliphatic carbocycles. The van der Waals surface area contributed by atoms with Gasteiger partial charge in [0.25, 0.3) is 0 Å². The second kappa shape index (κ2) is 3.94. The minimum absolute atomic E-state index is 0.0709. The van der Waals surface area contributed by atoms with Gasteiger partial charge in [0.15, 0.2) is 0 Å². The molecule has 90 valence electrons. The van der Waals surface area contributed by atoms with Gasteiger partial charge < -0.3 is 9.47 Å². The van der Waals surface area contributed by atoms with Gasteiger partial charge >= 0.3 is 0 Å². The van der Waals surface area contributed by atoms with Gasteiger partial charge in [-0.25, -0.2) is 0 Å². The summed E-state index contributed by atoms with van der Waals surface area (Å²) in [5.41, 5.74) is 5.16. The summed E-state index contributed by atoms with van der Waals surface area (Å²) in [7, 11) is 0. The number of fused-ring (bicyclic) bond motifs is 3. The third-order valence-corrected chi connectivity index (χ3v) is 3.63. The van der Waals surface area contributed by atoms with Crippen molar-refractivity contribution in [3.05, 3.63) is 59.7 Å². The van der Waals surface area contributed by atoms with Gasteiger partial charge in [-0.05, 0) is 22.3 Å². The van der Waals surface area contributed by atoms with Crippen molar-refractivity contribution in [1.82, 2.24) is 0 Å². The lowest BCUT2D eigenvalue weighted by Crippen LogP contribution is -2.08. The Morgan fingerprint density at radius 3 is 2.06 bits per heavy atom. The molecule has 18 heavy (non-hydrogen) atoms. The molecule has 0 spiro atoms. The van der Waals surface area contributed by atoms with E-state index in [1.807, 2.05) is 0 Å². The number of epoxide rings is 1. The van der Waals surface area contributed by atoms with Crippen LogP contribution in [0.5, 0.6) is 0 Å². The Kier molecular flexibility index (Phi) is 2.25. The van der Waals surface area contributed by atoms with Crippen molar-refractivity contribution in [2.45, 2.75) is 12.2 Å². The van der Waals surface area contributed by atoms with Crippen molar-refractivity contribution in [2.75, 3.05) is 13.2 Å². The van der Waals surface area contributed by atoms with Crippen LogP contribution in [0.1, 0.15) is 17.2 Å². The standard InChI is InChI=1S/C16H14O2/c1-3-7-14-12(5-1)13-6-2-4-8-15(13)16(14)18-10-11-9-17-11/h1-8,11,16H,9-10H2/t11-/m1/s1. The van der Waals surface area contributed by atoms with Gasteiger partial charge in [-0.3, -0.25) is 0 Å². The first kappa shape index (κ1) is 10.3. The average Bonchev–Trinajstić information content (AvgIpc) is 3.20. The Bertz CT molecular complexity index is 542. The van der Waals surface area contributed by atoms with E-state index in [-0.39, 0.29) is 6.10 Å². The molecule has 0 N–H and O–H groups in total. The SMILES string of the molecule is c1ccc2c(c1)-c1ccccc1C2OC[C@H]1CO1.